The fraction of sp³-hybridized carbons (Fsp3) is 0.700. The van der Waals surface area contributed by atoms with Crippen molar-refractivity contribution in [1.29, 1.82) is 0 Å². The Hall–Kier alpha value is -0.640. The molecule has 0 aliphatic heterocycles. The van der Waals surface area contributed by atoms with Crippen molar-refractivity contribution < 1.29 is 23.1 Å². The summed E-state index contributed by atoms with van der Waals surface area (Å²) >= 11 is 0. The van der Waals surface area contributed by atoms with E-state index in [9.17, 15) is 9.36 Å². The molecule has 0 saturated carbocycles. The maximum atomic E-state index is 12.0. The number of carbonyl (C=O) groups is 1. The Morgan fingerprint density at radius 2 is 1.62 bits per heavy atom. The molecular weight excluding hydrogens is 231 g/mol. The molecule has 0 spiro atoms. The molecule has 0 N–H and O–H groups in total. The van der Waals surface area contributed by atoms with Crippen molar-refractivity contribution in [1.82, 2.24) is 0 Å². The highest BCUT2D eigenvalue weighted by atomic mass is 31.2. The molecule has 0 radical (unpaired) electrons. The molecule has 0 unspecified atom stereocenters. The van der Waals surface area contributed by atoms with E-state index in [2.05, 4.69) is 0 Å². The van der Waals surface area contributed by atoms with Crippen molar-refractivity contribution in [2.45, 2.75) is 27.7 Å². The maximum Gasteiger partial charge on any atom is 0.354 e. The third kappa shape index (κ3) is 5.45. The topological polar surface area (TPSA) is 61.8 Å². The van der Waals surface area contributed by atoms with Gasteiger partial charge in [-0.3, -0.25) is 4.57 Å². The molecule has 0 aromatic carbocycles. The van der Waals surface area contributed by atoms with Gasteiger partial charge in [0.1, 0.15) is 0 Å². The highest BCUT2D eigenvalue weighted by Crippen LogP contribution is 2.50. The third-order valence-electron chi connectivity index (χ3n) is 1.57. The van der Waals surface area contributed by atoms with E-state index in [0.29, 0.717) is 0 Å². The third-order valence-corrected chi connectivity index (χ3v) is 3.51. The molecule has 0 atom stereocenters. The van der Waals surface area contributed by atoms with Crippen LogP contribution in [0.4, 0.5) is 0 Å². The highest BCUT2D eigenvalue weighted by molar-refractivity contribution is 7.57. The first-order valence-electron chi connectivity index (χ1n) is 5.24. The average molecular weight is 250 g/mol. The summed E-state index contributed by atoms with van der Waals surface area (Å²) in [5, 5.41) is 0. The van der Waals surface area contributed by atoms with Crippen LogP contribution >= 0.6 is 7.60 Å². The van der Waals surface area contributed by atoms with Gasteiger partial charge in [0.05, 0.1) is 19.8 Å². The second-order valence-corrected chi connectivity index (χ2v) is 4.76. The van der Waals surface area contributed by atoms with Gasteiger partial charge in [0, 0.05) is 11.4 Å². The number of rotatable bonds is 7. The quantitative estimate of drug-likeness (QED) is 0.395. The summed E-state index contributed by atoms with van der Waals surface area (Å²) in [5.41, 5.74) is 0.229. The Kier molecular flexibility index (Phi) is 7.30. The first-order chi connectivity index (χ1) is 7.49. The number of esters is 1. The lowest BCUT2D eigenvalue weighted by molar-refractivity contribution is -0.138. The molecule has 0 aliphatic rings. The summed E-state index contributed by atoms with van der Waals surface area (Å²) in [6, 6.07) is 0. The van der Waals surface area contributed by atoms with Crippen LogP contribution in [0.3, 0.4) is 0 Å². The van der Waals surface area contributed by atoms with Crippen LogP contribution in [0.5, 0.6) is 0 Å². The van der Waals surface area contributed by atoms with Gasteiger partial charge in [-0.05, 0) is 27.7 Å². The molecule has 5 nitrogen and oxygen atoms in total. The van der Waals surface area contributed by atoms with E-state index < -0.39 is 13.6 Å². The lowest BCUT2D eigenvalue weighted by atomic mass is 10.4. The summed E-state index contributed by atoms with van der Waals surface area (Å²) in [5.74, 6) is 0.694. The van der Waals surface area contributed by atoms with Gasteiger partial charge in [-0.25, -0.2) is 4.79 Å². The Morgan fingerprint density at radius 3 is 2.00 bits per heavy atom. The van der Waals surface area contributed by atoms with Crippen molar-refractivity contribution in [2.24, 2.45) is 0 Å². The monoisotopic (exact) mass is 250 g/mol. The lowest BCUT2D eigenvalue weighted by Crippen LogP contribution is -2.06. The number of hydrogen-bond acceptors (Lipinski definition) is 5. The number of ether oxygens (including phenoxy) is 1. The zero-order valence-corrected chi connectivity index (χ0v) is 11.1. The van der Waals surface area contributed by atoms with E-state index in [1.807, 2.05) is 0 Å². The standard InChI is InChI=1S/C10H19O5P/c1-5-13-10(11)9(4)8-16(12,14-6-2)15-7-3/h8H,5-7H2,1-4H3. The molecule has 16 heavy (non-hydrogen) atoms. The zero-order chi connectivity index (χ0) is 12.6. The number of hydrogen-bond donors (Lipinski definition) is 0. The molecule has 0 heterocycles. The van der Waals surface area contributed by atoms with E-state index >= 15 is 0 Å². The second-order valence-electron chi connectivity index (χ2n) is 2.91. The summed E-state index contributed by atoms with van der Waals surface area (Å²) in [7, 11) is -3.32. The van der Waals surface area contributed by atoms with Gasteiger partial charge in [-0.1, -0.05) is 0 Å². The Bertz CT molecular complexity index is 288. The Labute approximate surface area is 96.3 Å². The van der Waals surface area contributed by atoms with Crippen molar-refractivity contribution in [2.75, 3.05) is 19.8 Å². The van der Waals surface area contributed by atoms with Crippen molar-refractivity contribution in [3.05, 3.63) is 11.4 Å². The van der Waals surface area contributed by atoms with Crippen LogP contribution in [0.15, 0.2) is 11.4 Å². The molecule has 94 valence electrons. The molecule has 0 fully saturated rings. The predicted molar refractivity (Wildman–Crippen MR) is 61.2 cm³/mol. The fourth-order valence-corrected chi connectivity index (χ4v) is 2.53. The van der Waals surface area contributed by atoms with Crippen LogP contribution in [0, 0.1) is 0 Å². The molecule has 0 rings (SSSR count). The summed E-state index contributed by atoms with van der Waals surface area (Å²) < 4.78 is 26.8. The summed E-state index contributed by atoms with van der Waals surface area (Å²) in [6.45, 7) is 7.42. The van der Waals surface area contributed by atoms with Crippen LogP contribution in [0.25, 0.3) is 0 Å². The van der Waals surface area contributed by atoms with Gasteiger partial charge >= 0.3 is 13.6 Å². The van der Waals surface area contributed by atoms with Crippen molar-refractivity contribution in [3.63, 3.8) is 0 Å². The maximum absolute atomic E-state index is 12.0. The van der Waals surface area contributed by atoms with Crippen LogP contribution < -0.4 is 0 Å². The van der Waals surface area contributed by atoms with Crippen LogP contribution in [0.1, 0.15) is 27.7 Å². The van der Waals surface area contributed by atoms with Crippen molar-refractivity contribution in [3.8, 4) is 0 Å². The smallest absolute Gasteiger partial charge is 0.354 e. The highest BCUT2D eigenvalue weighted by Gasteiger charge is 2.22. The molecule has 6 heteroatoms. The lowest BCUT2D eigenvalue weighted by Gasteiger charge is -2.13. The van der Waals surface area contributed by atoms with Crippen LogP contribution in [0.2, 0.25) is 0 Å². The first kappa shape index (κ1) is 15.4. The zero-order valence-electron chi connectivity index (χ0n) is 10.2. The van der Waals surface area contributed by atoms with Gasteiger partial charge in [0.15, 0.2) is 0 Å². The minimum absolute atomic E-state index is 0.229. The predicted octanol–water partition coefficient (Wildman–Crippen LogP) is 2.72. The van der Waals surface area contributed by atoms with Crippen LogP contribution in [-0.4, -0.2) is 25.8 Å². The van der Waals surface area contributed by atoms with E-state index in [1.54, 1.807) is 20.8 Å². The van der Waals surface area contributed by atoms with Gasteiger partial charge in [-0.15, -0.1) is 0 Å². The van der Waals surface area contributed by atoms with E-state index in [-0.39, 0.29) is 25.4 Å². The second kappa shape index (κ2) is 7.60. The molecule has 0 aromatic rings. The SMILES string of the molecule is CCOC(=O)C(C)=CP(=O)(OCC)OCC. The fourth-order valence-electron chi connectivity index (χ4n) is 1.01. The van der Waals surface area contributed by atoms with E-state index in [4.69, 9.17) is 13.8 Å². The summed E-state index contributed by atoms with van der Waals surface area (Å²) in [4.78, 5) is 11.3. The van der Waals surface area contributed by atoms with E-state index in [0.717, 1.165) is 0 Å². The summed E-state index contributed by atoms with van der Waals surface area (Å²) in [6.07, 6.45) is 0. The molecule has 0 saturated heterocycles. The molecule has 0 amide bonds. The van der Waals surface area contributed by atoms with Gasteiger partial charge < -0.3 is 13.8 Å². The van der Waals surface area contributed by atoms with E-state index in [1.165, 1.54) is 12.7 Å². The average Bonchev–Trinajstić information content (AvgIpc) is 2.18. The van der Waals surface area contributed by atoms with Crippen LogP contribution in [-0.2, 0) is 23.1 Å². The van der Waals surface area contributed by atoms with Crippen molar-refractivity contribution >= 4 is 13.6 Å². The molecule has 0 bridgehead atoms. The van der Waals surface area contributed by atoms with Gasteiger partial charge in [0.25, 0.3) is 0 Å². The Balaban J connectivity index is 4.76. The molecular formula is C10H19O5P. The first-order valence-corrected chi connectivity index (χ1v) is 6.85. The van der Waals surface area contributed by atoms with Gasteiger partial charge in [-0.2, -0.15) is 0 Å². The molecule has 0 aromatic heterocycles. The van der Waals surface area contributed by atoms with Gasteiger partial charge in [0.2, 0.25) is 0 Å². The normalized spacial score (nSPS) is 12.6. The minimum Gasteiger partial charge on any atom is -0.463 e. The largest absolute Gasteiger partial charge is 0.463 e. The minimum atomic E-state index is -3.32. The Morgan fingerprint density at radius 1 is 1.12 bits per heavy atom. The molecule has 0 aliphatic carbocycles. The number of carbonyl (C=O) groups excluding carboxylic acids is 1.